The fraction of sp³-hybridized carbons (Fsp3) is 0.188. The van der Waals surface area contributed by atoms with Gasteiger partial charge in [-0.25, -0.2) is 4.79 Å². The van der Waals surface area contributed by atoms with Crippen LogP contribution >= 0.6 is 11.6 Å². The van der Waals surface area contributed by atoms with Gasteiger partial charge in [0, 0.05) is 17.3 Å². The molecule has 0 aromatic heterocycles. The average Bonchev–Trinajstić information content (AvgIpc) is 2.48. The molecule has 2 aromatic carbocycles. The number of ether oxygens (including phenoxy) is 1. The second-order valence-corrected chi connectivity index (χ2v) is 4.84. The Balaban J connectivity index is 1.61. The SMILES string of the molecule is O=C(NCCCOc1ccccc1)Nc1cccc(Cl)c1. The average molecular weight is 305 g/mol. The summed E-state index contributed by atoms with van der Waals surface area (Å²) in [5.41, 5.74) is 0.667. The summed E-state index contributed by atoms with van der Waals surface area (Å²) in [5.74, 6) is 0.834. The molecule has 0 heterocycles. The third-order valence-electron chi connectivity index (χ3n) is 2.70. The first-order valence-corrected chi connectivity index (χ1v) is 7.10. The van der Waals surface area contributed by atoms with Crippen molar-refractivity contribution in [3.05, 3.63) is 59.6 Å². The number of hydrogen-bond donors (Lipinski definition) is 2. The highest BCUT2D eigenvalue weighted by Gasteiger charge is 2.01. The van der Waals surface area contributed by atoms with Crippen LogP contribution in [0, 0.1) is 0 Å². The molecule has 2 rings (SSSR count). The number of nitrogens with one attached hydrogen (secondary N) is 2. The minimum absolute atomic E-state index is 0.253. The lowest BCUT2D eigenvalue weighted by molar-refractivity contribution is 0.250. The Hall–Kier alpha value is -2.20. The van der Waals surface area contributed by atoms with Crippen molar-refractivity contribution in [2.75, 3.05) is 18.5 Å². The molecule has 4 nitrogen and oxygen atoms in total. The second kappa shape index (κ2) is 8.17. The van der Waals surface area contributed by atoms with E-state index >= 15 is 0 Å². The molecule has 0 aliphatic carbocycles. The van der Waals surface area contributed by atoms with Crippen LogP contribution in [0.2, 0.25) is 5.02 Å². The number of carbonyl (C=O) groups excluding carboxylic acids is 1. The predicted octanol–water partition coefficient (Wildman–Crippen LogP) is 3.93. The van der Waals surface area contributed by atoms with Gasteiger partial charge < -0.3 is 15.4 Å². The van der Waals surface area contributed by atoms with Gasteiger partial charge in [-0.3, -0.25) is 0 Å². The molecule has 0 aliphatic heterocycles. The van der Waals surface area contributed by atoms with Crippen molar-refractivity contribution in [1.29, 1.82) is 0 Å². The third-order valence-corrected chi connectivity index (χ3v) is 2.94. The standard InChI is InChI=1S/C16H17ClN2O2/c17-13-6-4-7-14(12-13)19-16(20)18-10-5-11-21-15-8-2-1-3-9-15/h1-4,6-9,12H,5,10-11H2,(H2,18,19,20). The largest absolute Gasteiger partial charge is 0.494 e. The van der Waals surface area contributed by atoms with E-state index in [1.54, 1.807) is 24.3 Å². The first-order valence-electron chi connectivity index (χ1n) is 6.72. The summed E-state index contributed by atoms with van der Waals surface area (Å²) in [4.78, 5) is 11.7. The molecule has 0 radical (unpaired) electrons. The summed E-state index contributed by atoms with van der Waals surface area (Å²) in [6.07, 6.45) is 0.734. The van der Waals surface area contributed by atoms with Crippen molar-refractivity contribution in [1.82, 2.24) is 5.32 Å². The first-order chi connectivity index (χ1) is 10.2. The second-order valence-electron chi connectivity index (χ2n) is 4.41. The van der Waals surface area contributed by atoms with E-state index < -0.39 is 0 Å². The molecule has 5 heteroatoms. The van der Waals surface area contributed by atoms with Crippen LogP contribution < -0.4 is 15.4 Å². The minimum Gasteiger partial charge on any atom is -0.494 e. The molecule has 2 N–H and O–H groups in total. The monoisotopic (exact) mass is 304 g/mol. The number of rotatable bonds is 6. The van der Waals surface area contributed by atoms with Gasteiger partial charge in [0.15, 0.2) is 0 Å². The van der Waals surface area contributed by atoms with E-state index in [2.05, 4.69) is 10.6 Å². The molecule has 0 unspecified atom stereocenters. The summed E-state index contributed by atoms with van der Waals surface area (Å²) in [6, 6.07) is 16.4. The highest BCUT2D eigenvalue weighted by atomic mass is 35.5. The smallest absolute Gasteiger partial charge is 0.319 e. The van der Waals surface area contributed by atoms with Crippen LogP contribution in [0.3, 0.4) is 0 Å². The molecular weight excluding hydrogens is 288 g/mol. The Kier molecular flexibility index (Phi) is 5.91. The zero-order valence-corrected chi connectivity index (χ0v) is 12.3. The summed E-state index contributed by atoms with van der Waals surface area (Å²) in [6.45, 7) is 1.10. The number of para-hydroxylation sites is 1. The lowest BCUT2D eigenvalue weighted by Gasteiger charge is -2.09. The van der Waals surface area contributed by atoms with E-state index in [-0.39, 0.29) is 6.03 Å². The van der Waals surface area contributed by atoms with Gasteiger partial charge in [-0.1, -0.05) is 35.9 Å². The van der Waals surface area contributed by atoms with Crippen LogP contribution in [0.4, 0.5) is 10.5 Å². The quantitative estimate of drug-likeness (QED) is 0.794. The van der Waals surface area contributed by atoms with Gasteiger partial charge in [0.25, 0.3) is 0 Å². The van der Waals surface area contributed by atoms with Gasteiger partial charge in [0.2, 0.25) is 0 Å². The van der Waals surface area contributed by atoms with E-state index in [0.29, 0.717) is 23.9 Å². The van der Waals surface area contributed by atoms with Gasteiger partial charge >= 0.3 is 6.03 Å². The molecule has 0 aliphatic rings. The molecule has 110 valence electrons. The maximum absolute atomic E-state index is 11.7. The van der Waals surface area contributed by atoms with Crippen LogP contribution in [-0.4, -0.2) is 19.2 Å². The maximum atomic E-state index is 11.7. The number of halogens is 1. The molecular formula is C16H17ClN2O2. The Morgan fingerprint density at radius 2 is 1.90 bits per heavy atom. The number of amides is 2. The maximum Gasteiger partial charge on any atom is 0.319 e. The number of urea groups is 1. The summed E-state index contributed by atoms with van der Waals surface area (Å²) < 4.78 is 5.53. The number of carbonyl (C=O) groups is 1. The van der Waals surface area contributed by atoms with Gasteiger partial charge in [-0.15, -0.1) is 0 Å². The highest BCUT2D eigenvalue weighted by Crippen LogP contribution is 2.14. The number of benzene rings is 2. The molecule has 2 amide bonds. The molecule has 0 saturated carbocycles. The summed E-state index contributed by atoms with van der Waals surface area (Å²) in [5, 5.41) is 6.07. The van der Waals surface area contributed by atoms with Crippen molar-refractivity contribution < 1.29 is 9.53 Å². The topological polar surface area (TPSA) is 50.4 Å². The third kappa shape index (κ3) is 5.75. The van der Waals surface area contributed by atoms with Crippen molar-refractivity contribution >= 4 is 23.3 Å². The van der Waals surface area contributed by atoms with Crippen LogP contribution in [0.5, 0.6) is 5.75 Å². The Morgan fingerprint density at radius 1 is 1.10 bits per heavy atom. The van der Waals surface area contributed by atoms with Gasteiger partial charge in [-0.2, -0.15) is 0 Å². The van der Waals surface area contributed by atoms with E-state index in [4.69, 9.17) is 16.3 Å². The van der Waals surface area contributed by atoms with Crippen LogP contribution in [0.1, 0.15) is 6.42 Å². The molecule has 0 bridgehead atoms. The molecule has 0 fully saturated rings. The van der Waals surface area contributed by atoms with Crippen molar-refractivity contribution in [2.24, 2.45) is 0 Å². The Bertz CT molecular complexity index is 575. The normalized spacial score (nSPS) is 9.95. The van der Waals surface area contributed by atoms with Crippen molar-refractivity contribution in [3.63, 3.8) is 0 Å². The summed E-state index contributed by atoms with van der Waals surface area (Å²) >= 11 is 5.84. The zero-order valence-electron chi connectivity index (χ0n) is 11.5. The van der Waals surface area contributed by atoms with Gasteiger partial charge in [0.1, 0.15) is 5.75 Å². The zero-order chi connectivity index (χ0) is 14.9. The Morgan fingerprint density at radius 3 is 2.67 bits per heavy atom. The van der Waals surface area contributed by atoms with Crippen LogP contribution in [0.25, 0.3) is 0 Å². The lowest BCUT2D eigenvalue weighted by atomic mass is 10.3. The van der Waals surface area contributed by atoms with E-state index in [9.17, 15) is 4.79 Å². The lowest BCUT2D eigenvalue weighted by Crippen LogP contribution is -2.30. The summed E-state index contributed by atoms with van der Waals surface area (Å²) in [7, 11) is 0. The molecule has 0 atom stereocenters. The van der Waals surface area contributed by atoms with Gasteiger partial charge in [-0.05, 0) is 36.8 Å². The van der Waals surface area contributed by atoms with Crippen molar-refractivity contribution in [3.8, 4) is 5.75 Å². The molecule has 0 saturated heterocycles. The molecule has 0 spiro atoms. The minimum atomic E-state index is -0.253. The first kappa shape index (κ1) is 15.2. The highest BCUT2D eigenvalue weighted by molar-refractivity contribution is 6.30. The van der Waals surface area contributed by atoms with E-state index in [1.807, 2.05) is 30.3 Å². The number of anilines is 1. The van der Waals surface area contributed by atoms with Crippen molar-refractivity contribution in [2.45, 2.75) is 6.42 Å². The van der Waals surface area contributed by atoms with E-state index in [1.165, 1.54) is 0 Å². The van der Waals surface area contributed by atoms with Crippen LogP contribution in [-0.2, 0) is 0 Å². The fourth-order valence-electron chi connectivity index (χ4n) is 1.72. The van der Waals surface area contributed by atoms with E-state index in [0.717, 1.165) is 12.2 Å². The Labute approximate surface area is 129 Å². The fourth-order valence-corrected chi connectivity index (χ4v) is 1.91. The van der Waals surface area contributed by atoms with Crippen LogP contribution in [0.15, 0.2) is 54.6 Å². The van der Waals surface area contributed by atoms with Gasteiger partial charge in [0.05, 0.1) is 6.61 Å². The molecule has 2 aromatic rings. The number of hydrogen-bond acceptors (Lipinski definition) is 2. The molecule has 21 heavy (non-hydrogen) atoms. The predicted molar refractivity (Wildman–Crippen MR) is 85.0 cm³/mol.